The molecular weight excluding hydrogens is 350 g/mol. The highest BCUT2D eigenvalue weighted by Crippen LogP contribution is 2.38. The third-order valence-corrected chi connectivity index (χ3v) is 5.77. The minimum atomic E-state index is 0.176. The van der Waals surface area contributed by atoms with Crippen molar-refractivity contribution in [1.82, 2.24) is 0 Å². The van der Waals surface area contributed by atoms with E-state index in [1.807, 2.05) is 30.0 Å². The number of anilines is 1. The Kier molecular flexibility index (Phi) is 5.56. The molecule has 1 aliphatic heterocycles. The molecule has 1 saturated carbocycles. The van der Waals surface area contributed by atoms with Gasteiger partial charge in [0.2, 0.25) is 5.91 Å². The summed E-state index contributed by atoms with van der Waals surface area (Å²) in [5, 5.41) is 0. The largest absolute Gasteiger partial charge is 0.490 e. The van der Waals surface area contributed by atoms with E-state index in [0.717, 1.165) is 35.6 Å². The molecule has 2 aromatic carbocycles. The van der Waals surface area contributed by atoms with E-state index < -0.39 is 0 Å². The minimum absolute atomic E-state index is 0.176. The smallest absolute Gasteiger partial charge is 0.227 e. The number of nitrogens with zero attached hydrogens (tertiary/aromatic N) is 1. The first-order valence-corrected chi connectivity index (χ1v) is 10.4. The fourth-order valence-corrected chi connectivity index (χ4v) is 4.31. The Morgan fingerprint density at radius 2 is 1.89 bits per heavy atom. The molecule has 1 amide bonds. The lowest BCUT2D eigenvalue weighted by molar-refractivity contribution is -0.117. The molecule has 2 aliphatic rings. The maximum absolute atomic E-state index is 12.7. The first-order chi connectivity index (χ1) is 13.6. The van der Waals surface area contributed by atoms with Crippen LogP contribution in [0.1, 0.15) is 56.1 Å². The third-order valence-electron chi connectivity index (χ3n) is 5.77. The van der Waals surface area contributed by atoms with Crippen molar-refractivity contribution in [2.75, 3.05) is 18.1 Å². The number of carbonyl (C=O) groups is 1. The molecule has 2 aromatic rings. The van der Waals surface area contributed by atoms with Crippen molar-refractivity contribution in [3.8, 4) is 11.5 Å². The zero-order valence-corrected chi connectivity index (χ0v) is 16.8. The Morgan fingerprint density at radius 3 is 2.64 bits per heavy atom. The Hall–Kier alpha value is -2.49. The van der Waals surface area contributed by atoms with Crippen LogP contribution in [0.15, 0.2) is 42.5 Å². The number of ether oxygens (including phenoxy) is 2. The van der Waals surface area contributed by atoms with Gasteiger partial charge in [-0.2, -0.15) is 0 Å². The lowest BCUT2D eigenvalue weighted by atomic mass is 9.98. The van der Waals surface area contributed by atoms with Crippen molar-refractivity contribution in [2.24, 2.45) is 0 Å². The van der Waals surface area contributed by atoms with Gasteiger partial charge in [-0.15, -0.1) is 0 Å². The molecule has 0 N–H and O–H groups in total. The van der Waals surface area contributed by atoms with E-state index in [1.54, 1.807) is 0 Å². The quantitative estimate of drug-likeness (QED) is 0.689. The number of aryl methyl sites for hydroxylation is 1. The molecule has 2 fully saturated rings. The highest BCUT2D eigenvalue weighted by molar-refractivity contribution is 5.96. The van der Waals surface area contributed by atoms with Gasteiger partial charge in [-0.3, -0.25) is 4.79 Å². The average molecular weight is 380 g/mol. The molecular formula is C24H29NO3. The van der Waals surface area contributed by atoms with Crippen molar-refractivity contribution in [1.29, 1.82) is 0 Å². The van der Waals surface area contributed by atoms with E-state index >= 15 is 0 Å². The van der Waals surface area contributed by atoms with E-state index in [1.165, 1.54) is 18.4 Å². The van der Waals surface area contributed by atoms with Crippen molar-refractivity contribution < 1.29 is 14.3 Å². The van der Waals surface area contributed by atoms with E-state index in [-0.39, 0.29) is 17.9 Å². The van der Waals surface area contributed by atoms with Gasteiger partial charge in [-0.05, 0) is 74.9 Å². The van der Waals surface area contributed by atoms with E-state index in [0.29, 0.717) is 19.6 Å². The zero-order valence-electron chi connectivity index (χ0n) is 16.8. The van der Waals surface area contributed by atoms with Gasteiger partial charge < -0.3 is 14.4 Å². The van der Waals surface area contributed by atoms with E-state index in [2.05, 4.69) is 31.2 Å². The van der Waals surface area contributed by atoms with Crippen LogP contribution in [0.3, 0.4) is 0 Å². The van der Waals surface area contributed by atoms with Gasteiger partial charge in [0.25, 0.3) is 0 Å². The van der Waals surface area contributed by atoms with E-state index in [4.69, 9.17) is 9.47 Å². The first-order valence-electron chi connectivity index (χ1n) is 10.4. The standard InChI is InChI=1S/C24H29NO3/c1-3-27-22-12-11-18(14-23(22)28-21-9-4-5-10-21)19-15-24(26)25(16-19)20-8-6-7-17(2)13-20/h6-8,11-14,19,21H,3-5,9-10,15-16H2,1-2H3/t19-/m0/s1. The molecule has 28 heavy (non-hydrogen) atoms. The molecule has 1 saturated heterocycles. The van der Waals surface area contributed by atoms with Crippen LogP contribution in [0.25, 0.3) is 0 Å². The molecule has 4 rings (SSSR count). The number of hydrogen-bond acceptors (Lipinski definition) is 3. The second-order valence-corrected chi connectivity index (χ2v) is 7.91. The summed E-state index contributed by atoms with van der Waals surface area (Å²) in [5.74, 6) is 1.99. The molecule has 0 unspecified atom stereocenters. The summed E-state index contributed by atoms with van der Waals surface area (Å²) < 4.78 is 12.1. The predicted molar refractivity (Wildman–Crippen MR) is 111 cm³/mol. The fourth-order valence-electron chi connectivity index (χ4n) is 4.31. The Balaban J connectivity index is 1.55. The normalized spacial score (nSPS) is 20.0. The molecule has 0 aromatic heterocycles. The molecule has 0 bridgehead atoms. The summed E-state index contributed by atoms with van der Waals surface area (Å²) in [5.41, 5.74) is 3.31. The van der Waals surface area contributed by atoms with Crippen LogP contribution in [0.2, 0.25) is 0 Å². The molecule has 1 atom stereocenters. The van der Waals surface area contributed by atoms with Gasteiger partial charge in [0.05, 0.1) is 12.7 Å². The zero-order chi connectivity index (χ0) is 19.5. The molecule has 0 spiro atoms. The van der Waals surface area contributed by atoms with Gasteiger partial charge in [-0.25, -0.2) is 0 Å². The van der Waals surface area contributed by atoms with Crippen LogP contribution in [0.5, 0.6) is 11.5 Å². The Labute approximate surface area is 167 Å². The lowest BCUT2D eigenvalue weighted by Crippen LogP contribution is -2.24. The molecule has 0 radical (unpaired) electrons. The van der Waals surface area contributed by atoms with Crippen LogP contribution < -0.4 is 14.4 Å². The number of amides is 1. The monoisotopic (exact) mass is 379 g/mol. The van der Waals surface area contributed by atoms with Crippen molar-refractivity contribution >= 4 is 11.6 Å². The summed E-state index contributed by atoms with van der Waals surface area (Å²) in [4.78, 5) is 14.6. The number of hydrogen-bond donors (Lipinski definition) is 0. The van der Waals surface area contributed by atoms with E-state index in [9.17, 15) is 4.79 Å². The molecule has 1 heterocycles. The number of rotatable bonds is 6. The van der Waals surface area contributed by atoms with Gasteiger partial charge >= 0.3 is 0 Å². The van der Waals surface area contributed by atoms with Crippen LogP contribution in [-0.2, 0) is 4.79 Å². The second kappa shape index (κ2) is 8.26. The third kappa shape index (κ3) is 4.01. The summed E-state index contributed by atoms with van der Waals surface area (Å²) in [7, 11) is 0. The first kappa shape index (κ1) is 18.9. The minimum Gasteiger partial charge on any atom is -0.490 e. The van der Waals surface area contributed by atoms with Gasteiger partial charge in [0.15, 0.2) is 11.5 Å². The number of benzene rings is 2. The maximum Gasteiger partial charge on any atom is 0.227 e. The summed E-state index contributed by atoms with van der Waals surface area (Å²) >= 11 is 0. The maximum atomic E-state index is 12.7. The fraction of sp³-hybridized carbons (Fsp3) is 0.458. The topological polar surface area (TPSA) is 38.8 Å². The summed E-state index contributed by atoms with van der Waals surface area (Å²) in [6.45, 7) is 5.37. The van der Waals surface area contributed by atoms with Gasteiger partial charge in [-0.1, -0.05) is 18.2 Å². The van der Waals surface area contributed by atoms with Gasteiger partial charge in [0, 0.05) is 24.6 Å². The summed E-state index contributed by atoms with van der Waals surface area (Å²) in [6.07, 6.45) is 5.50. The van der Waals surface area contributed by atoms with Crippen molar-refractivity contribution in [2.45, 2.75) is 58.0 Å². The number of carbonyl (C=O) groups excluding carboxylic acids is 1. The lowest BCUT2D eigenvalue weighted by Gasteiger charge is -2.20. The molecule has 4 nitrogen and oxygen atoms in total. The second-order valence-electron chi connectivity index (χ2n) is 7.91. The van der Waals surface area contributed by atoms with Crippen molar-refractivity contribution in [3.63, 3.8) is 0 Å². The Morgan fingerprint density at radius 1 is 1.07 bits per heavy atom. The van der Waals surface area contributed by atoms with Crippen LogP contribution in [0, 0.1) is 6.92 Å². The predicted octanol–water partition coefficient (Wildman–Crippen LogP) is 5.24. The highest BCUT2D eigenvalue weighted by Gasteiger charge is 2.32. The van der Waals surface area contributed by atoms with Gasteiger partial charge in [0.1, 0.15) is 0 Å². The average Bonchev–Trinajstić information content (AvgIpc) is 3.33. The molecule has 148 valence electrons. The SMILES string of the molecule is CCOc1ccc([C@H]2CC(=O)N(c3cccc(C)c3)C2)cc1OC1CCCC1. The Bertz CT molecular complexity index is 841. The highest BCUT2D eigenvalue weighted by atomic mass is 16.5. The molecule has 4 heteroatoms. The van der Waals surface area contributed by atoms with Crippen LogP contribution in [0.4, 0.5) is 5.69 Å². The van der Waals surface area contributed by atoms with Crippen LogP contribution >= 0.6 is 0 Å². The summed E-state index contributed by atoms with van der Waals surface area (Å²) in [6, 6.07) is 14.3. The van der Waals surface area contributed by atoms with Crippen molar-refractivity contribution in [3.05, 3.63) is 53.6 Å². The molecule has 1 aliphatic carbocycles. The van der Waals surface area contributed by atoms with Crippen LogP contribution in [-0.4, -0.2) is 25.2 Å².